The largest absolute Gasteiger partial charge is 0.463 e. The molecule has 4 bridgehead atoms. The lowest BCUT2D eigenvalue weighted by atomic mass is 9.66. The second-order valence-electron chi connectivity index (χ2n) is 12.7. The van der Waals surface area contributed by atoms with Gasteiger partial charge in [-0.15, -0.1) is 0 Å². The number of carbonyl (C=O) groups excluding carboxylic acids is 4. The highest BCUT2D eigenvalue weighted by Gasteiger charge is 2.77. The van der Waals surface area contributed by atoms with Crippen molar-refractivity contribution in [3.8, 4) is 0 Å². The third-order valence-corrected chi connectivity index (χ3v) is 10.9. The first-order valence-corrected chi connectivity index (χ1v) is 13.0. The molecule has 9 heteroatoms. The van der Waals surface area contributed by atoms with Gasteiger partial charge in [0, 0.05) is 17.3 Å². The summed E-state index contributed by atoms with van der Waals surface area (Å²) in [6.07, 6.45) is 1.85. The molecule has 0 aromatic heterocycles. The smallest absolute Gasteiger partial charge is 0.351 e. The highest BCUT2D eigenvalue weighted by atomic mass is 16.6. The van der Waals surface area contributed by atoms with Gasteiger partial charge in [0.15, 0.2) is 0 Å². The van der Waals surface area contributed by atoms with Crippen LogP contribution in [0, 0.1) is 27.6 Å². The predicted molar refractivity (Wildman–Crippen MR) is 126 cm³/mol. The molecule has 2 heterocycles. The summed E-state index contributed by atoms with van der Waals surface area (Å²) in [4.78, 5) is 50.6. The molecular formula is C27H40O9. The molecular weight excluding hydrogens is 468 g/mol. The molecule has 2 aliphatic heterocycles. The Morgan fingerprint density at radius 2 is 1.17 bits per heavy atom. The van der Waals surface area contributed by atoms with Crippen LogP contribution in [0.3, 0.4) is 0 Å². The zero-order chi connectivity index (χ0) is 26.9. The maximum Gasteiger partial charge on any atom is 0.351 e. The number of fused-ring (bicyclic) bond motifs is 4. The van der Waals surface area contributed by atoms with Gasteiger partial charge in [-0.25, -0.2) is 9.59 Å². The van der Waals surface area contributed by atoms with Crippen molar-refractivity contribution in [1.82, 2.24) is 0 Å². The van der Waals surface area contributed by atoms with Crippen molar-refractivity contribution < 1.29 is 43.2 Å². The number of hydrogen-bond donors (Lipinski definition) is 1. The van der Waals surface area contributed by atoms with Crippen LogP contribution in [0.2, 0.25) is 0 Å². The highest BCUT2D eigenvalue weighted by molar-refractivity contribution is 5.94. The zero-order valence-corrected chi connectivity index (χ0v) is 22.5. The summed E-state index contributed by atoms with van der Waals surface area (Å²) in [5.74, 6) is -2.04. The van der Waals surface area contributed by atoms with Crippen molar-refractivity contribution in [3.63, 3.8) is 0 Å². The van der Waals surface area contributed by atoms with Gasteiger partial charge in [0.25, 0.3) is 0 Å². The normalized spacial score (nSPS) is 38.9. The Hall–Kier alpha value is -2.16. The molecule has 9 nitrogen and oxygen atoms in total. The molecule has 202 valence electrons. The Kier molecular flexibility index (Phi) is 6.10. The fraction of sp³-hybridized carbons (Fsp3) is 0.852. The molecule has 0 radical (unpaired) electrons. The summed E-state index contributed by atoms with van der Waals surface area (Å²) in [5.41, 5.74) is -5.29. The van der Waals surface area contributed by atoms with E-state index in [1.54, 1.807) is 0 Å². The fourth-order valence-corrected chi connectivity index (χ4v) is 6.72. The van der Waals surface area contributed by atoms with Crippen LogP contribution in [0.15, 0.2) is 0 Å². The lowest BCUT2D eigenvalue weighted by molar-refractivity contribution is -0.184. The van der Waals surface area contributed by atoms with Crippen LogP contribution in [0.25, 0.3) is 0 Å². The molecule has 0 amide bonds. The van der Waals surface area contributed by atoms with Crippen molar-refractivity contribution >= 4 is 23.9 Å². The molecule has 1 N–H and O–H groups in total. The lowest BCUT2D eigenvalue weighted by Crippen LogP contribution is -2.49. The predicted octanol–water partition coefficient (Wildman–Crippen LogP) is 3.09. The number of hydrogen-bond acceptors (Lipinski definition) is 9. The van der Waals surface area contributed by atoms with Gasteiger partial charge in [-0.3, -0.25) is 9.59 Å². The van der Waals surface area contributed by atoms with Crippen molar-refractivity contribution in [1.29, 1.82) is 0 Å². The topological polar surface area (TPSA) is 125 Å². The van der Waals surface area contributed by atoms with Crippen LogP contribution in [-0.2, 0) is 38.1 Å². The van der Waals surface area contributed by atoms with Crippen molar-refractivity contribution in [2.75, 3.05) is 13.2 Å². The molecule has 6 atom stereocenters. The van der Waals surface area contributed by atoms with E-state index in [9.17, 15) is 24.3 Å². The minimum atomic E-state index is -1.28. The summed E-state index contributed by atoms with van der Waals surface area (Å²) < 4.78 is 22.1. The molecule has 2 saturated carbocycles. The summed E-state index contributed by atoms with van der Waals surface area (Å²) in [5, 5.41) is 10.6. The van der Waals surface area contributed by atoms with E-state index in [4.69, 9.17) is 18.9 Å². The summed E-state index contributed by atoms with van der Waals surface area (Å²) in [6.45, 7) is 13.0. The van der Waals surface area contributed by atoms with Gasteiger partial charge in [-0.05, 0) is 51.9 Å². The van der Waals surface area contributed by atoms with Crippen LogP contribution in [0.4, 0.5) is 0 Å². The van der Waals surface area contributed by atoms with Crippen LogP contribution in [0.1, 0.15) is 87.0 Å². The monoisotopic (exact) mass is 508 g/mol. The molecule has 4 rings (SSSR count). The molecule has 0 spiro atoms. The third-order valence-electron chi connectivity index (χ3n) is 10.9. The molecule has 4 aliphatic rings. The first kappa shape index (κ1) is 26.9. The third kappa shape index (κ3) is 3.16. The minimum absolute atomic E-state index is 0.0118. The first-order chi connectivity index (χ1) is 16.5. The number of aliphatic hydroxyl groups is 1. The van der Waals surface area contributed by atoms with E-state index in [1.165, 1.54) is 0 Å². The van der Waals surface area contributed by atoms with E-state index in [2.05, 4.69) is 0 Å². The standard InChI is InChI=1S/C27H40O9/c1-16(8-14-33-20(31)26-12-10-24(6,18(29)35-26)22(26,2)3)17(28)9-15-34-21(32)27-13-11-25(7,19(30)36-27)23(27,4)5/h16-17,28H,8-15H2,1-7H3/t16-,17-,24-,25-,26+,27+/m1/s1. The average Bonchev–Trinajstić information content (AvgIpc) is 3.26. The Labute approximate surface area is 212 Å². The minimum Gasteiger partial charge on any atom is -0.463 e. The van der Waals surface area contributed by atoms with E-state index in [0.717, 1.165) is 0 Å². The Bertz CT molecular complexity index is 908. The maximum atomic E-state index is 13.0. The molecule has 0 aromatic carbocycles. The molecule has 2 aliphatic carbocycles. The van der Waals surface area contributed by atoms with Crippen LogP contribution < -0.4 is 0 Å². The van der Waals surface area contributed by atoms with E-state index in [1.807, 2.05) is 48.5 Å². The van der Waals surface area contributed by atoms with Crippen molar-refractivity contribution in [2.24, 2.45) is 27.6 Å². The van der Waals surface area contributed by atoms with E-state index in [-0.39, 0.29) is 37.5 Å². The number of esters is 4. The van der Waals surface area contributed by atoms with Gasteiger partial charge >= 0.3 is 23.9 Å². The summed E-state index contributed by atoms with van der Waals surface area (Å²) in [7, 11) is 0. The van der Waals surface area contributed by atoms with Crippen LogP contribution in [0.5, 0.6) is 0 Å². The Morgan fingerprint density at radius 3 is 1.50 bits per heavy atom. The van der Waals surface area contributed by atoms with Gasteiger partial charge in [0.2, 0.25) is 11.2 Å². The molecule has 0 unspecified atom stereocenters. The van der Waals surface area contributed by atoms with Crippen LogP contribution >= 0.6 is 0 Å². The van der Waals surface area contributed by atoms with Gasteiger partial charge in [0.05, 0.1) is 30.1 Å². The summed E-state index contributed by atoms with van der Waals surface area (Å²) >= 11 is 0. The lowest BCUT2D eigenvalue weighted by Gasteiger charge is -2.34. The highest BCUT2D eigenvalue weighted by Crippen LogP contribution is 2.66. The number of rotatable bonds is 9. The van der Waals surface area contributed by atoms with Gasteiger partial charge in [0.1, 0.15) is 0 Å². The fourth-order valence-electron chi connectivity index (χ4n) is 6.72. The van der Waals surface area contributed by atoms with E-state index < -0.39 is 50.9 Å². The number of aliphatic hydroxyl groups excluding tert-OH is 1. The van der Waals surface area contributed by atoms with E-state index >= 15 is 0 Å². The van der Waals surface area contributed by atoms with Crippen molar-refractivity contribution in [2.45, 2.75) is 104 Å². The second-order valence-corrected chi connectivity index (χ2v) is 12.7. The van der Waals surface area contributed by atoms with E-state index in [0.29, 0.717) is 32.1 Å². The molecule has 36 heavy (non-hydrogen) atoms. The average molecular weight is 509 g/mol. The SMILES string of the molecule is C[C@H](CCOC(=O)[C@]12CC[C@](C)(C(=O)O1)C2(C)C)[C@H](O)CCOC(=O)[C@]12CC[C@](C)(C(=O)O1)C2(C)C. The maximum absolute atomic E-state index is 13.0. The van der Waals surface area contributed by atoms with Crippen molar-refractivity contribution in [3.05, 3.63) is 0 Å². The molecule has 0 aromatic rings. The number of carbonyl (C=O) groups is 4. The molecule has 4 fully saturated rings. The Balaban J connectivity index is 1.23. The first-order valence-electron chi connectivity index (χ1n) is 13.0. The van der Waals surface area contributed by atoms with Gasteiger partial charge in [-0.1, -0.05) is 34.6 Å². The zero-order valence-electron chi connectivity index (χ0n) is 22.5. The second kappa shape index (κ2) is 8.17. The van der Waals surface area contributed by atoms with Crippen LogP contribution in [-0.4, -0.2) is 59.5 Å². The molecule has 2 saturated heterocycles. The number of ether oxygens (including phenoxy) is 4. The summed E-state index contributed by atoms with van der Waals surface area (Å²) in [6, 6.07) is 0. The van der Waals surface area contributed by atoms with Gasteiger partial charge < -0.3 is 24.1 Å². The Morgan fingerprint density at radius 1 is 0.778 bits per heavy atom. The quantitative estimate of drug-likeness (QED) is 0.369. The van der Waals surface area contributed by atoms with Gasteiger partial charge in [-0.2, -0.15) is 0 Å².